The number of amides is 2. The van der Waals surface area contributed by atoms with Crippen molar-refractivity contribution in [2.45, 2.75) is 53.1 Å². The molecule has 0 saturated carbocycles. The second-order valence-corrected chi connectivity index (χ2v) is 7.31. The fourth-order valence-electron chi connectivity index (χ4n) is 1.90. The summed E-state index contributed by atoms with van der Waals surface area (Å²) < 4.78 is 5.14. The smallest absolute Gasteiger partial charge is 0.426 e. The number of hydrazine groups is 1. The van der Waals surface area contributed by atoms with E-state index in [4.69, 9.17) is 4.74 Å². The lowest BCUT2D eigenvalue weighted by atomic mass is 10.2. The quantitative estimate of drug-likeness (QED) is 0.599. The lowest BCUT2D eigenvalue weighted by Gasteiger charge is -2.29. The molecule has 2 N–H and O–H groups in total. The first-order valence-electron chi connectivity index (χ1n) is 7.62. The molecule has 0 aromatic heterocycles. The van der Waals surface area contributed by atoms with Gasteiger partial charge >= 0.3 is 6.09 Å². The summed E-state index contributed by atoms with van der Waals surface area (Å²) >= 11 is 1.52. The second kappa shape index (κ2) is 8.31. The van der Waals surface area contributed by atoms with Crippen molar-refractivity contribution < 1.29 is 14.3 Å². The highest BCUT2D eigenvalue weighted by molar-refractivity contribution is 8.04. The largest absolute Gasteiger partial charge is 0.443 e. The summed E-state index contributed by atoms with van der Waals surface area (Å²) in [5.41, 5.74) is 5.31. The maximum absolute atomic E-state index is 12.4. The summed E-state index contributed by atoms with van der Waals surface area (Å²) in [5, 5.41) is 0. The number of carbonyl (C=O) groups is 2. The standard InChI is InChI=1S/C15H27N3O3S/c1-6-7-8-18-9-10-22-12(13(18)19)11(2)16-17-14(20)21-15(3,4)5/h16H,6-10H2,1-5H3,(H,17,20)/b12-11+. The van der Waals surface area contributed by atoms with E-state index in [9.17, 15) is 9.59 Å². The molecule has 1 aliphatic rings. The third-order valence-corrected chi connectivity index (χ3v) is 4.12. The predicted octanol–water partition coefficient (Wildman–Crippen LogP) is 2.62. The molecule has 0 unspecified atom stereocenters. The van der Waals surface area contributed by atoms with Gasteiger partial charge in [0.1, 0.15) is 5.60 Å². The van der Waals surface area contributed by atoms with E-state index in [-0.39, 0.29) is 5.91 Å². The van der Waals surface area contributed by atoms with Gasteiger partial charge in [-0.2, -0.15) is 0 Å². The van der Waals surface area contributed by atoms with Crippen LogP contribution in [0.5, 0.6) is 0 Å². The zero-order valence-electron chi connectivity index (χ0n) is 14.1. The van der Waals surface area contributed by atoms with Crippen LogP contribution in [0.15, 0.2) is 10.6 Å². The average molecular weight is 329 g/mol. The Morgan fingerprint density at radius 2 is 2.05 bits per heavy atom. The van der Waals surface area contributed by atoms with Crippen LogP contribution in [0.1, 0.15) is 47.5 Å². The van der Waals surface area contributed by atoms with Crippen molar-refractivity contribution in [2.24, 2.45) is 0 Å². The van der Waals surface area contributed by atoms with E-state index < -0.39 is 11.7 Å². The molecule has 0 atom stereocenters. The van der Waals surface area contributed by atoms with Crippen LogP contribution in [-0.2, 0) is 9.53 Å². The van der Waals surface area contributed by atoms with Gasteiger partial charge in [0.05, 0.1) is 4.91 Å². The van der Waals surface area contributed by atoms with Crippen molar-refractivity contribution in [1.29, 1.82) is 0 Å². The van der Waals surface area contributed by atoms with Gasteiger partial charge < -0.3 is 9.64 Å². The van der Waals surface area contributed by atoms with Crippen LogP contribution in [-0.4, -0.2) is 41.3 Å². The number of allylic oxidation sites excluding steroid dienone is 1. The highest BCUT2D eigenvalue weighted by Crippen LogP contribution is 2.26. The predicted molar refractivity (Wildman–Crippen MR) is 89.2 cm³/mol. The summed E-state index contributed by atoms with van der Waals surface area (Å²) in [6.07, 6.45) is 1.50. The Morgan fingerprint density at radius 1 is 1.36 bits per heavy atom. The monoisotopic (exact) mass is 329 g/mol. The van der Waals surface area contributed by atoms with Gasteiger partial charge in [0.15, 0.2) is 0 Å². The first-order chi connectivity index (χ1) is 10.2. The molecule has 0 aromatic rings. The average Bonchev–Trinajstić information content (AvgIpc) is 2.42. The highest BCUT2D eigenvalue weighted by atomic mass is 32.2. The molecule has 0 aromatic carbocycles. The van der Waals surface area contributed by atoms with Gasteiger partial charge in [0.25, 0.3) is 5.91 Å². The molecule has 0 spiro atoms. The van der Waals surface area contributed by atoms with Gasteiger partial charge in [-0.3, -0.25) is 10.2 Å². The van der Waals surface area contributed by atoms with Gasteiger partial charge in [0.2, 0.25) is 0 Å². The minimum atomic E-state index is -0.566. The van der Waals surface area contributed by atoms with E-state index in [2.05, 4.69) is 17.8 Å². The van der Waals surface area contributed by atoms with Crippen LogP contribution in [0.3, 0.4) is 0 Å². The molecule has 1 fully saturated rings. The van der Waals surface area contributed by atoms with E-state index >= 15 is 0 Å². The number of unbranched alkanes of at least 4 members (excludes halogenated alkanes) is 1. The van der Waals surface area contributed by atoms with Crippen LogP contribution in [0.25, 0.3) is 0 Å². The molecule has 1 heterocycles. The van der Waals surface area contributed by atoms with Gasteiger partial charge in [0, 0.05) is 24.5 Å². The van der Waals surface area contributed by atoms with Crippen LogP contribution in [0.2, 0.25) is 0 Å². The Balaban J connectivity index is 2.60. The number of nitrogens with zero attached hydrogens (tertiary/aromatic N) is 1. The lowest BCUT2D eigenvalue weighted by molar-refractivity contribution is -0.126. The van der Waals surface area contributed by atoms with E-state index in [0.29, 0.717) is 10.6 Å². The van der Waals surface area contributed by atoms with Gasteiger partial charge in [-0.1, -0.05) is 13.3 Å². The number of thioether (sulfide) groups is 1. The number of nitrogens with one attached hydrogen (secondary N) is 2. The molecular weight excluding hydrogens is 302 g/mol. The summed E-state index contributed by atoms with van der Waals surface area (Å²) in [4.78, 5) is 26.5. The maximum Gasteiger partial charge on any atom is 0.426 e. The number of hydrogen-bond donors (Lipinski definition) is 2. The van der Waals surface area contributed by atoms with E-state index in [1.807, 2.05) is 4.90 Å². The maximum atomic E-state index is 12.4. The molecule has 0 radical (unpaired) electrons. The molecule has 1 aliphatic heterocycles. The van der Waals surface area contributed by atoms with Crippen molar-refractivity contribution in [2.75, 3.05) is 18.8 Å². The third-order valence-electron chi connectivity index (χ3n) is 2.96. The molecule has 1 saturated heterocycles. The first kappa shape index (κ1) is 18.7. The van der Waals surface area contributed by atoms with Gasteiger partial charge in [-0.15, -0.1) is 11.8 Å². The number of ether oxygens (including phenoxy) is 1. The molecule has 126 valence electrons. The van der Waals surface area contributed by atoms with Gasteiger partial charge in [-0.05, 0) is 34.1 Å². The van der Waals surface area contributed by atoms with Crippen molar-refractivity contribution in [3.8, 4) is 0 Å². The molecular formula is C15H27N3O3S. The second-order valence-electron chi connectivity index (χ2n) is 6.20. The zero-order valence-corrected chi connectivity index (χ0v) is 14.9. The minimum absolute atomic E-state index is 0.0284. The van der Waals surface area contributed by atoms with Crippen LogP contribution in [0.4, 0.5) is 4.79 Å². The number of carbonyl (C=O) groups excluding carboxylic acids is 2. The summed E-state index contributed by atoms with van der Waals surface area (Å²) in [7, 11) is 0. The van der Waals surface area contributed by atoms with E-state index in [0.717, 1.165) is 31.7 Å². The van der Waals surface area contributed by atoms with E-state index in [1.54, 1.807) is 27.7 Å². The molecule has 6 nitrogen and oxygen atoms in total. The Bertz CT molecular complexity index is 444. The van der Waals surface area contributed by atoms with Crippen LogP contribution >= 0.6 is 11.8 Å². The van der Waals surface area contributed by atoms with Crippen molar-refractivity contribution in [3.63, 3.8) is 0 Å². The molecule has 0 aliphatic carbocycles. The van der Waals surface area contributed by atoms with Crippen molar-refractivity contribution in [3.05, 3.63) is 10.6 Å². The Labute approximate surface area is 137 Å². The van der Waals surface area contributed by atoms with Crippen LogP contribution in [0, 0.1) is 0 Å². The van der Waals surface area contributed by atoms with E-state index in [1.165, 1.54) is 11.8 Å². The topological polar surface area (TPSA) is 70.7 Å². The van der Waals surface area contributed by atoms with Crippen molar-refractivity contribution >= 4 is 23.8 Å². The molecule has 7 heteroatoms. The summed E-state index contributed by atoms with van der Waals surface area (Å²) in [5.74, 6) is 0.900. The Morgan fingerprint density at radius 3 is 2.64 bits per heavy atom. The fraction of sp³-hybridized carbons (Fsp3) is 0.733. The Hall–Kier alpha value is -1.37. The molecule has 1 rings (SSSR count). The van der Waals surface area contributed by atoms with Crippen molar-refractivity contribution in [1.82, 2.24) is 15.8 Å². The zero-order chi connectivity index (χ0) is 16.8. The number of rotatable bonds is 5. The summed E-state index contributed by atoms with van der Waals surface area (Å²) in [6.45, 7) is 10.8. The number of hydrogen-bond acceptors (Lipinski definition) is 5. The third kappa shape index (κ3) is 6.17. The molecule has 0 bridgehead atoms. The fourth-order valence-corrected chi connectivity index (χ4v) is 2.94. The highest BCUT2D eigenvalue weighted by Gasteiger charge is 2.25. The SMILES string of the molecule is CCCCN1CCS/C(=C(\C)NNC(=O)OC(C)(C)C)C1=O. The normalized spacial score (nSPS) is 18.0. The summed E-state index contributed by atoms with van der Waals surface area (Å²) in [6, 6.07) is 0. The first-order valence-corrected chi connectivity index (χ1v) is 8.61. The minimum Gasteiger partial charge on any atom is -0.443 e. The lowest BCUT2D eigenvalue weighted by Crippen LogP contribution is -2.43. The molecule has 2 amide bonds. The Kier molecular flexibility index (Phi) is 7.06. The van der Waals surface area contributed by atoms with Crippen LogP contribution < -0.4 is 10.9 Å². The molecule has 22 heavy (non-hydrogen) atoms. The van der Waals surface area contributed by atoms with Gasteiger partial charge in [-0.25, -0.2) is 10.2 Å².